The summed E-state index contributed by atoms with van der Waals surface area (Å²) in [5, 5.41) is 0. The third-order valence-electron chi connectivity index (χ3n) is 3.64. The van der Waals surface area contributed by atoms with E-state index in [9.17, 15) is 4.79 Å². The van der Waals surface area contributed by atoms with Crippen LogP contribution >= 0.6 is 0 Å². The summed E-state index contributed by atoms with van der Waals surface area (Å²) in [7, 11) is 0. The second-order valence-corrected chi connectivity index (χ2v) is 5.37. The van der Waals surface area contributed by atoms with Crippen molar-refractivity contribution >= 4 is 5.91 Å². The summed E-state index contributed by atoms with van der Waals surface area (Å²) < 4.78 is 5.69. The van der Waals surface area contributed by atoms with Crippen molar-refractivity contribution in [1.82, 2.24) is 4.90 Å². The van der Waals surface area contributed by atoms with Gasteiger partial charge in [0.15, 0.2) is 0 Å². The first kappa shape index (κ1) is 14.1. The third kappa shape index (κ3) is 3.35. The number of hydrogen-bond donors (Lipinski definition) is 0. The van der Waals surface area contributed by atoms with Crippen molar-refractivity contribution in [3.8, 4) is 0 Å². The van der Waals surface area contributed by atoms with Crippen LogP contribution in [-0.4, -0.2) is 36.1 Å². The first-order valence-corrected chi connectivity index (χ1v) is 7.11. The predicted octanol–water partition coefficient (Wildman–Crippen LogP) is 2.82. The van der Waals surface area contributed by atoms with E-state index in [2.05, 4.69) is 6.92 Å². The lowest BCUT2D eigenvalue weighted by molar-refractivity contribution is -0.144. The molecule has 1 saturated heterocycles. The lowest BCUT2D eigenvalue weighted by Gasteiger charge is -2.37. The topological polar surface area (TPSA) is 29.5 Å². The number of hydrogen-bond acceptors (Lipinski definition) is 2. The van der Waals surface area contributed by atoms with Gasteiger partial charge in [-0.2, -0.15) is 0 Å². The van der Waals surface area contributed by atoms with E-state index in [1.165, 1.54) is 0 Å². The minimum Gasteiger partial charge on any atom is -0.372 e. The normalized spacial score (nSPS) is 25.1. The van der Waals surface area contributed by atoms with E-state index >= 15 is 0 Å². The van der Waals surface area contributed by atoms with Crippen LogP contribution in [0, 0.1) is 0 Å². The number of nitrogens with zero attached hydrogens (tertiary/aromatic N) is 1. The molecule has 0 aliphatic carbocycles. The van der Waals surface area contributed by atoms with Crippen LogP contribution in [0.2, 0.25) is 0 Å². The van der Waals surface area contributed by atoms with Gasteiger partial charge in [0.2, 0.25) is 5.91 Å². The van der Waals surface area contributed by atoms with Crippen molar-refractivity contribution in [3.63, 3.8) is 0 Å². The number of morpholine rings is 1. The van der Waals surface area contributed by atoms with Gasteiger partial charge in [0.1, 0.15) is 0 Å². The van der Waals surface area contributed by atoms with Gasteiger partial charge in [-0.05, 0) is 25.8 Å². The highest BCUT2D eigenvalue weighted by Gasteiger charge is 2.30. The van der Waals surface area contributed by atoms with Gasteiger partial charge in [-0.3, -0.25) is 4.79 Å². The molecule has 1 aromatic rings. The molecule has 0 bridgehead atoms. The summed E-state index contributed by atoms with van der Waals surface area (Å²) in [5.41, 5.74) is 1.11. The molecule has 0 saturated carbocycles. The molecule has 1 aliphatic rings. The fourth-order valence-corrected chi connectivity index (χ4v) is 2.82. The molecule has 3 nitrogen and oxygen atoms in total. The Kier molecular flexibility index (Phi) is 4.59. The maximum Gasteiger partial charge on any atom is 0.230 e. The average molecular weight is 261 g/mol. The molecular weight excluding hydrogens is 238 g/mol. The maximum atomic E-state index is 12.7. The molecule has 1 heterocycles. The van der Waals surface area contributed by atoms with Crippen molar-refractivity contribution in [3.05, 3.63) is 35.9 Å². The smallest absolute Gasteiger partial charge is 0.230 e. The zero-order chi connectivity index (χ0) is 13.8. The lowest BCUT2D eigenvalue weighted by Crippen LogP contribution is -2.49. The molecule has 1 fully saturated rings. The molecule has 0 aromatic heterocycles. The van der Waals surface area contributed by atoms with Crippen molar-refractivity contribution < 1.29 is 9.53 Å². The summed E-state index contributed by atoms with van der Waals surface area (Å²) in [6.07, 6.45) is 1.09. The van der Waals surface area contributed by atoms with Gasteiger partial charge in [-0.1, -0.05) is 37.3 Å². The Morgan fingerprint density at radius 2 is 1.84 bits per heavy atom. The number of benzene rings is 1. The van der Waals surface area contributed by atoms with Gasteiger partial charge in [0, 0.05) is 13.1 Å². The van der Waals surface area contributed by atoms with E-state index in [0.29, 0.717) is 13.1 Å². The summed E-state index contributed by atoms with van der Waals surface area (Å²) in [5.74, 6) is 0.203. The summed E-state index contributed by atoms with van der Waals surface area (Å²) in [4.78, 5) is 14.6. The lowest BCUT2D eigenvalue weighted by atomic mass is 9.94. The molecule has 0 radical (unpaired) electrons. The van der Waals surface area contributed by atoms with Crippen LogP contribution in [0.4, 0.5) is 0 Å². The molecular formula is C16H23NO2. The number of ether oxygens (including phenoxy) is 1. The second kappa shape index (κ2) is 6.20. The highest BCUT2D eigenvalue weighted by atomic mass is 16.5. The van der Waals surface area contributed by atoms with Gasteiger partial charge in [-0.15, -0.1) is 0 Å². The molecule has 1 amide bonds. The van der Waals surface area contributed by atoms with E-state index in [0.717, 1.165) is 12.0 Å². The highest BCUT2D eigenvalue weighted by Crippen LogP contribution is 2.24. The van der Waals surface area contributed by atoms with Crippen LogP contribution in [0.25, 0.3) is 0 Å². The van der Waals surface area contributed by atoms with Gasteiger partial charge in [-0.25, -0.2) is 0 Å². The van der Waals surface area contributed by atoms with Crippen molar-refractivity contribution in [2.24, 2.45) is 0 Å². The Morgan fingerprint density at radius 3 is 2.37 bits per heavy atom. The predicted molar refractivity (Wildman–Crippen MR) is 76.1 cm³/mol. The second-order valence-electron chi connectivity index (χ2n) is 5.37. The first-order chi connectivity index (χ1) is 9.11. The Hall–Kier alpha value is -1.35. The van der Waals surface area contributed by atoms with Gasteiger partial charge < -0.3 is 9.64 Å². The number of amides is 1. The molecule has 19 heavy (non-hydrogen) atoms. The molecule has 1 aromatic carbocycles. The number of carbonyl (C=O) groups is 1. The van der Waals surface area contributed by atoms with E-state index in [1.807, 2.05) is 49.1 Å². The summed E-state index contributed by atoms with van der Waals surface area (Å²) in [6.45, 7) is 7.53. The fraction of sp³-hybridized carbons (Fsp3) is 0.562. The number of rotatable bonds is 3. The minimum atomic E-state index is -0.0290. The molecule has 3 atom stereocenters. The fourth-order valence-electron chi connectivity index (χ4n) is 2.82. The van der Waals surface area contributed by atoms with Gasteiger partial charge >= 0.3 is 0 Å². The van der Waals surface area contributed by atoms with E-state index < -0.39 is 0 Å². The molecule has 0 unspecified atom stereocenters. The van der Waals surface area contributed by atoms with E-state index in [-0.39, 0.29) is 24.0 Å². The van der Waals surface area contributed by atoms with Crippen LogP contribution in [0.3, 0.4) is 0 Å². The molecule has 1 aliphatic heterocycles. The van der Waals surface area contributed by atoms with Crippen molar-refractivity contribution in [1.29, 1.82) is 0 Å². The van der Waals surface area contributed by atoms with Crippen molar-refractivity contribution in [2.45, 2.75) is 45.3 Å². The molecule has 104 valence electrons. The van der Waals surface area contributed by atoms with E-state index in [4.69, 9.17) is 4.74 Å². The zero-order valence-electron chi connectivity index (χ0n) is 12.0. The quantitative estimate of drug-likeness (QED) is 0.837. The van der Waals surface area contributed by atoms with Crippen LogP contribution in [0.1, 0.15) is 38.7 Å². The third-order valence-corrected chi connectivity index (χ3v) is 3.64. The Labute approximate surface area is 115 Å². The van der Waals surface area contributed by atoms with Crippen LogP contribution in [0.5, 0.6) is 0 Å². The van der Waals surface area contributed by atoms with Crippen LogP contribution in [-0.2, 0) is 9.53 Å². The summed E-state index contributed by atoms with van der Waals surface area (Å²) in [6, 6.07) is 10.1. The maximum absolute atomic E-state index is 12.7. The Morgan fingerprint density at radius 1 is 1.26 bits per heavy atom. The minimum absolute atomic E-state index is 0.0290. The number of carbonyl (C=O) groups excluding carboxylic acids is 1. The van der Waals surface area contributed by atoms with Gasteiger partial charge in [0.25, 0.3) is 0 Å². The molecule has 0 spiro atoms. The molecule has 0 N–H and O–H groups in total. The molecule has 2 rings (SSSR count). The molecule has 3 heteroatoms. The van der Waals surface area contributed by atoms with Crippen molar-refractivity contribution in [2.75, 3.05) is 13.1 Å². The standard InChI is InChI=1S/C16H23NO2/c1-4-15(14-8-6-5-7-9-14)16(18)17-10-12(2)19-13(3)11-17/h5-9,12-13,15H,4,10-11H2,1-3H3/t12-,13+,15-/m0/s1. The zero-order valence-corrected chi connectivity index (χ0v) is 12.0. The summed E-state index contributed by atoms with van der Waals surface area (Å²) >= 11 is 0. The Bertz CT molecular complexity index is 408. The van der Waals surface area contributed by atoms with Crippen LogP contribution in [0.15, 0.2) is 30.3 Å². The Balaban J connectivity index is 2.13. The average Bonchev–Trinajstić information content (AvgIpc) is 2.39. The SMILES string of the molecule is CC[C@H](C(=O)N1C[C@@H](C)O[C@@H](C)C1)c1ccccc1. The van der Waals surface area contributed by atoms with E-state index in [1.54, 1.807) is 0 Å². The monoisotopic (exact) mass is 261 g/mol. The van der Waals surface area contributed by atoms with Gasteiger partial charge in [0.05, 0.1) is 18.1 Å². The largest absolute Gasteiger partial charge is 0.372 e. The van der Waals surface area contributed by atoms with Crippen LogP contribution < -0.4 is 0 Å². The highest BCUT2D eigenvalue weighted by molar-refractivity contribution is 5.83. The first-order valence-electron chi connectivity index (χ1n) is 7.11.